The van der Waals surface area contributed by atoms with Crippen LogP contribution in [0, 0.1) is 5.92 Å². The number of carbonyl (C=O) groups excluding carboxylic acids is 1. The highest BCUT2D eigenvalue weighted by atomic mass is 32.2. The maximum Gasteiger partial charge on any atom is 0.223 e. The van der Waals surface area contributed by atoms with Crippen LogP contribution in [0.2, 0.25) is 0 Å². The van der Waals surface area contributed by atoms with Crippen LogP contribution in [0.3, 0.4) is 0 Å². The van der Waals surface area contributed by atoms with E-state index in [4.69, 9.17) is 0 Å². The molecule has 0 aliphatic carbocycles. The van der Waals surface area contributed by atoms with Gasteiger partial charge in [0.05, 0.1) is 10.9 Å². The van der Waals surface area contributed by atoms with Gasteiger partial charge in [0.1, 0.15) is 0 Å². The number of carbonyl (C=O) groups is 1. The van der Waals surface area contributed by atoms with Crippen molar-refractivity contribution in [2.75, 3.05) is 19.3 Å². The Kier molecular flexibility index (Phi) is 7.09. The van der Waals surface area contributed by atoms with Gasteiger partial charge in [0.2, 0.25) is 5.91 Å². The SMILES string of the molecule is CC[C@@H](NC(=O)C1CCN(Cc2ccccc2)CC1)c1ccc(S(C)(=O)=O)cc1. The molecule has 6 heteroatoms. The van der Waals surface area contributed by atoms with E-state index in [1.165, 1.54) is 11.8 Å². The normalized spacial score (nSPS) is 17.0. The van der Waals surface area contributed by atoms with Crippen molar-refractivity contribution in [2.24, 2.45) is 5.92 Å². The summed E-state index contributed by atoms with van der Waals surface area (Å²) >= 11 is 0. The Morgan fingerprint density at radius 3 is 2.24 bits per heavy atom. The molecule has 0 radical (unpaired) electrons. The topological polar surface area (TPSA) is 66.5 Å². The molecule has 1 fully saturated rings. The van der Waals surface area contributed by atoms with Crippen molar-refractivity contribution in [1.29, 1.82) is 0 Å². The molecule has 0 saturated carbocycles. The molecule has 5 nitrogen and oxygen atoms in total. The Hall–Kier alpha value is -2.18. The third-order valence-electron chi connectivity index (χ3n) is 5.64. The van der Waals surface area contributed by atoms with Crippen LogP contribution in [0.4, 0.5) is 0 Å². The number of rotatable bonds is 7. The van der Waals surface area contributed by atoms with E-state index < -0.39 is 9.84 Å². The molecule has 0 unspecified atom stereocenters. The Bertz CT molecular complexity index is 903. The fraction of sp³-hybridized carbons (Fsp3) is 0.435. The van der Waals surface area contributed by atoms with Crippen molar-refractivity contribution in [1.82, 2.24) is 10.2 Å². The maximum atomic E-state index is 12.8. The molecular formula is C23H30N2O3S. The molecule has 1 aliphatic rings. The summed E-state index contributed by atoms with van der Waals surface area (Å²) in [5, 5.41) is 3.17. The minimum Gasteiger partial charge on any atom is -0.349 e. The lowest BCUT2D eigenvalue weighted by Crippen LogP contribution is -2.41. The van der Waals surface area contributed by atoms with Gasteiger partial charge < -0.3 is 5.32 Å². The van der Waals surface area contributed by atoms with Crippen molar-refractivity contribution < 1.29 is 13.2 Å². The van der Waals surface area contributed by atoms with Gasteiger partial charge in [0.15, 0.2) is 9.84 Å². The van der Waals surface area contributed by atoms with Crippen molar-refractivity contribution in [3.63, 3.8) is 0 Å². The number of piperidine rings is 1. The van der Waals surface area contributed by atoms with E-state index in [9.17, 15) is 13.2 Å². The summed E-state index contributed by atoms with van der Waals surface area (Å²) in [5.41, 5.74) is 2.24. The lowest BCUT2D eigenvalue weighted by Gasteiger charge is -2.32. The number of hydrogen-bond donors (Lipinski definition) is 1. The van der Waals surface area contributed by atoms with E-state index in [0.717, 1.165) is 44.5 Å². The third kappa shape index (κ3) is 5.90. The molecule has 2 aromatic rings. The van der Waals surface area contributed by atoms with Crippen LogP contribution >= 0.6 is 0 Å². The molecule has 1 N–H and O–H groups in total. The first-order valence-corrected chi connectivity index (χ1v) is 12.1. The highest BCUT2D eigenvalue weighted by Gasteiger charge is 2.26. The average Bonchev–Trinajstić information content (AvgIpc) is 2.72. The smallest absolute Gasteiger partial charge is 0.223 e. The molecule has 1 atom stereocenters. The van der Waals surface area contributed by atoms with Gasteiger partial charge in [0.25, 0.3) is 0 Å². The second kappa shape index (κ2) is 9.55. The van der Waals surface area contributed by atoms with Crippen molar-refractivity contribution >= 4 is 15.7 Å². The standard InChI is InChI=1S/C23H30N2O3S/c1-3-22(19-9-11-21(12-10-19)29(2,27)28)24-23(26)20-13-15-25(16-14-20)17-18-7-5-4-6-8-18/h4-12,20,22H,3,13-17H2,1-2H3,(H,24,26)/t22-/m1/s1. The number of nitrogens with zero attached hydrogens (tertiary/aromatic N) is 1. The van der Waals surface area contributed by atoms with Crippen LogP contribution in [-0.2, 0) is 21.2 Å². The molecule has 156 valence electrons. The number of likely N-dealkylation sites (tertiary alicyclic amines) is 1. The van der Waals surface area contributed by atoms with Gasteiger partial charge in [-0.1, -0.05) is 49.4 Å². The Morgan fingerprint density at radius 1 is 1.07 bits per heavy atom. The molecule has 0 aromatic heterocycles. The minimum absolute atomic E-state index is 0.0337. The number of benzene rings is 2. The summed E-state index contributed by atoms with van der Waals surface area (Å²) in [5.74, 6) is 0.134. The zero-order valence-electron chi connectivity index (χ0n) is 17.2. The van der Waals surface area contributed by atoms with Crippen LogP contribution in [0.5, 0.6) is 0 Å². The molecule has 29 heavy (non-hydrogen) atoms. The largest absolute Gasteiger partial charge is 0.349 e. The van der Waals surface area contributed by atoms with Gasteiger partial charge >= 0.3 is 0 Å². The molecule has 1 saturated heterocycles. The van der Waals surface area contributed by atoms with Crippen molar-refractivity contribution in [3.8, 4) is 0 Å². The summed E-state index contributed by atoms with van der Waals surface area (Å²) in [7, 11) is -3.21. The zero-order valence-corrected chi connectivity index (χ0v) is 18.0. The molecule has 1 amide bonds. The van der Waals surface area contributed by atoms with E-state index in [2.05, 4.69) is 34.5 Å². The quantitative estimate of drug-likeness (QED) is 0.752. The fourth-order valence-electron chi connectivity index (χ4n) is 3.85. The predicted molar refractivity (Wildman–Crippen MR) is 115 cm³/mol. The number of hydrogen-bond acceptors (Lipinski definition) is 4. The summed E-state index contributed by atoms with van der Waals surface area (Å²) in [4.78, 5) is 15.5. The first-order chi connectivity index (χ1) is 13.9. The van der Waals surface area contributed by atoms with Gasteiger partial charge in [-0.25, -0.2) is 8.42 Å². The van der Waals surface area contributed by atoms with Gasteiger partial charge in [0, 0.05) is 18.7 Å². The molecular weight excluding hydrogens is 384 g/mol. The van der Waals surface area contributed by atoms with Crippen molar-refractivity contribution in [2.45, 2.75) is 43.7 Å². The van der Waals surface area contributed by atoms with Gasteiger partial charge in [-0.15, -0.1) is 0 Å². The predicted octanol–water partition coefficient (Wildman–Crippen LogP) is 3.57. The van der Waals surface area contributed by atoms with Crippen LogP contribution in [0.1, 0.15) is 43.4 Å². The number of amides is 1. The Labute approximate surface area is 174 Å². The van der Waals surface area contributed by atoms with Crippen LogP contribution < -0.4 is 5.32 Å². The highest BCUT2D eigenvalue weighted by molar-refractivity contribution is 7.90. The second-order valence-electron chi connectivity index (χ2n) is 7.85. The summed E-state index contributed by atoms with van der Waals surface area (Å²) < 4.78 is 23.3. The van der Waals surface area contributed by atoms with E-state index in [1.807, 2.05) is 13.0 Å². The van der Waals surface area contributed by atoms with Crippen LogP contribution in [0.15, 0.2) is 59.5 Å². The van der Waals surface area contributed by atoms with Crippen LogP contribution in [0.25, 0.3) is 0 Å². The van der Waals surface area contributed by atoms with E-state index in [-0.39, 0.29) is 17.9 Å². The first kappa shape index (κ1) is 21.5. The monoisotopic (exact) mass is 414 g/mol. The van der Waals surface area contributed by atoms with E-state index in [0.29, 0.717) is 4.90 Å². The third-order valence-corrected chi connectivity index (χ3v) is 6.77. The minimum atomic E-state index is -3.21. The molecule has 3 rings (SSSR count). The lowest BCUT2D eigenvalue weighted by molar-refractivity contribution is -0.127. The van der Waals surface area contributed by atoms with E-state index >= 15 is 0 Å². The van der Waals surface area contributed by atoms with E-state index in [1.54, 1.807) is 24.3 Å². The molecule has 0 bridgehead atoms. The van der Waals surface area contributed by atoms with Gasteiger partial charge in [-0.05, 0) is 55.6 Å². The van der Waals surface area contributed by atoms with Gasteiger partial charge in [-0.3, -0.25) is 9.69 Å². The molecule has 0 spiro atoms. The molecule has 1 heterocycles. The number of nitrogens with one attached hydrogen (secondary N) is 1. The summed E-state index contributed by atoms with van der Waals surface area (Å²) in [6, 6.07) is 17.1. The maximum absolute atomic E-state index is 12.8. The summed E-state index contributed by atoms with van der Waals surface area (Å²) in [6.07, 6.45) is 3.69. The lowest BCUT2D eigenvalue weighted by atomic mass is 9.94. The van der Waals surface area contributed by atoms with Gasteiger partial charge in [-0.2, -0.15) is 0 Å². The fourth-order valence-corrected chi connectivity index (χ4v) is 4.48. The highest BCUT2D eigenvalue weighted by Crippen LogP contribution is 2.23. The Morgan fingerprint density at radius 2 is 1.69 bits per heavy atom. The second-order valence-corrected chi connectivity index (χ2v) is 9.86. The van der Waals surface area contributed by atoms with Crippen LogP contribution in [-0.4, -0.2) is 38.6 Å². The zero-order chi connectivity index (χ0) is 20.9. The summed E-state index contributed by atoms with van der Waals surface area (Å²) in [6.45, 7) is 4.80. The first-order valence-electron chi connectivity index (χ1n) is 10.2. The number of sulfone groups is 1. The van der Waals surface area contributed by atoms with Crippen molar-refractivity contribution in [3.05, 3.63) is 65.7 Å². The Balaban J connectivity index is 1.54. The molecule has 2 aromatic carbocycles. The molecule has 1 aliphatic heterocycles. The average molecular weight is 415 g/mol.